The molecule has 2 nitrogen and oxygen atoms in total. The van der Waals surface area contributed by atoms with Crippen LogP contribution in [-0.4, -0.2) is 23.3 Å². The van der Waals surface area contributed by atoms with E-state index in [4.69, 9.17) is 5.41 Å². The third-order valence-electron chi connectivity index (χ3n) is 4.30. The van der Waals surface area contributed by atoms with Crippen LogP contribution < -0.4 is 0 Å². The fourth-order valence-corrected chi connectivity index (χ4v) is 3.38. The minimum atomic E-state index is 0.595. The molecule has 2 heteroatoms. The van der Waals surface area contributed by atoms with Gasteiger partial charge < -0.3 is 4.90 Å². The number of hydrogen-bond donors (Lipinski definition) is 1. The molecule has 2 aliphatic rings. The lowest BCUT2D eigenvalue weighted by Crippen LogP contribution is -2.45. The Kier molecular flexibility index (Phi) is 4.25. The van der Waals surface area contributed by atoms with Crippen LogP contribution >= 0.6 is 0 Å². The average molecular weight is 222 g/mol. The highest BCUT2D eigenvalue weighted by molar-refractivity contribution is 5.82. The minimum Gasteiger partial charge on any atom is -0.357 e. The van der Waals surface area contributed by atoms with E-state index in [0.29, 0.717) is 12.0 Å². The number of nitrogens with one attached hydrogen (secondary N) is 1. The lowest BCUT2D eigenvalue weighted by Gasteiger charge is -2.39. The molecule has 1 aliphatic carbocycles. The van der Waals surface area contributed by atoms with Gasteiger partial charge in [-0.25, -0.2) is 0 Å². The summed E-state index contributed by atoms with van der Waals surface area (Å²) in [4.78, 5) is 2.45. The standard InChI is InChI=1S/C14H26N2/c1-2-7-13-10-5-6-11-16(13)14(15)12-8-3-4-9-12/h12-13,15H,2-11H2,1H3. The van der Waals surface area contributed by atoms with Crippen LogP contribution in [-0.2, 0) is 0 Å². The van der Waals surface area contributed by atoms with Crippen LogP contribution in [0.5, 0.6) is 0 Å². The second-order valence-electron chi connectivity index (χ2n) is 5.50. The van der Waals surface area contributed by atoms with E-state index < -0.39 is 0 Å². The zero-order chi connectivity index (χ0) is 11.4. The first kappa shape index (κ1) is 11.9. The van der Waals surface area contributed by atoms with Crippen LogP contribution in [0.4, 0.5) is 0 Å². The summed E-state index contributed by atoms with van der Waals surface area (Å²) in [7, 11) is 0. The number of nitrogens with zero attached hydrogens (tertiary/aromatic N) is 1. The Morgan fingerprint density at radius 2 is 1.81 bits per heavy atom. The molecule has 2 rings (SSSR count). The molecule has 1 saturated carbocycles. The lowest BCUT2D eigenvalue weighted by atomic mass is 9.95. The first-order valence-corrected chi connectivity index (χ1v) is 7.18. The van der Waals surface area contributed by atoms with Crippen molar-refractivity contribution in [2.45, 2.75) is 70.8 Å². The van der Waals surface area contributed by atoms with Gasteiger partial charge in [0.1, 0.15) is 0 Å². The summed E-state index contributed by atoms with van der Waals surface area (Å²) in [6, 6.07) is 0.687. The number of likely N-dealkylation sites (tertiary alicyclic amines) is 1. The van der Waals surface area contributed by atoms with Crippen LogP contribution in [0.2, 0.25) is 0 Å². The van der Waals surface area contributed by atoms with Crippen molar-refractivity contribution in [2.24, 2.45) is 5.92 Å². The Labute approximate surface area is 99.9 Å². The van der Waals surface area contributed by atoms with Crippen molar-refractivity contribution in [3.63, 3.8) is 0 Å². The second-order valence-corrected chi connectivity index (χ2v) is 5.50. The van der Waals surface area contributed by atoms with Gasteiger partial charge in [0, 0.05) is 18.5 Å². The molecule has 1 aliphatic heterocycles. The quantitative estimate of drug-likeness (QED) is 0.570. The van der Waals surface area contributed by atoms with Crippen molar-refractivity contribution < 1.29 is 0 Å². The highest BCUT2D eigenvalue weighted by Crippen LogP contribution is 2.30. The molecule has 0 aromatic carbocycles. The van der Waals surface area contributed by atoms with Gasteiger partial charge >= 0.3 is 0 Å². The molecule has 16 heavy (non-hydrogen) atoms. The molecule has 0 bridgehead atoms. The summed E-state index contributed by atoms with van der Waals surface area (Å²) in [6.07, 6.45) is 11.8. The highest BCUT2D eigenvalue weighted by atomic mass is 15.2. The Hall–Kier alpha value is -0.530. The van der Waals surface area contributed by atoms with E-state index in [0.717, 1.165) is 12.4 Å². The summed E-state index contributed by atoms with van der Waals surface area (Å²) in [5.41, 5.74) is 0. The SMILES string of the molecule is CCCC1CCCCN1C(=N)C1CCCC1. The second kappa shape index (κ2) is 5.70. The maximum Gasteiger partial charge on any atom is 0.0991 e. The fraction of sp³-hybridized carbons (Fsp3) is 0.929. The zero-order valence-electron chi connectivity index (χ0n) is 10.7. The first-order valence-electron chi connectivity index (χ1n) is 7.18. The predicted octanol–water partition coefficient (Wildman–Crippen LogP) is 3.81. The summed E-state index contributed by atoms with van der Waals surface area (Å²) < 4.78 is 0. The Morgan fingerprint density at radius 3 is 2.50 bits per heavy atom. The van der Waals surface area contributed by atoms with E-state index in [1.807, 2.05) is 0 Å². The van der Waals surface area contributed by atoms with E-state index in [-0.39, 0.29) is 0 Å². The molecule has 1 heterocycles. The smallest absolute Gasteiger partial charge is 0.0991 e. The number of amidine groups is 1. The third kappa shape index (κ3) is 2.58. The maximum atomic E-state index is 8.42. The molecule has 1 N–H and O–H groups in total. The Balaban J connectivity index is 1.95. The number of piperidine rings is 1. The zero-order valence-corrected chi connectivity index (χ0v) is 10.7. The summed E-state index contributed by atoms with van der Waals surface area (Å²) >= 11 is 0. The molecule has 0 aromatic rings. The molecular weight excluding hydrogens is 196 g/mol. The van der Waals surface area contributed by atoms with Gasteiger partial charge in [0.25, 0.3) is 0 Å². The summed E-state index contributed by atoms with van der Waals surface area (Å²) in [5, 5.41) is 8.42. The lowest BCUT2D eigenvalue weighted by molar-refractivity contribution is 0.217. The fourth-order valence-electron chi connectivity index (χ4n) is 3.38. The van der Waals surface area contributed by atoms with Crippen molar-refractivity contribution in [1.29, 1.82) is 5.41 Å². The highest BCUT2D eigenvalue weighted by Gasteiger charge is 2.29. The van der Waals surface area contributed by atoms with Gasteiger partial charge in [-0.1, -0.05) is 26.2 Å². The number of hydrogen-bond acceptors (Lipinski definition) is 1. The van der Waals surface area contributed by atoms with Gasteiger partial charge in [0.15, 0.2) is 0 Å². The molecule has 2 fully saturated rings. The van der Waals surface area contributed by atoms with Crippen molar-refractivity contribution >= 4 is 5.84 Å². The van der Waals surface area contributed by atoms with Gasteiger partial charge in [-0.05, 0) is 38.5 Å². The molecule has 0 spiro atoms. The van der Waals surface area contributed by atoms with Crippen LogP contribution in [0.3, 0.4) is 0 Å². The van der Waals surface area contributed by atoms with E-state index in [1.54, 1.807) is 0 Å². The van der Waals surface area contributed by atoms with Gasteiger partial charge in [0.2, 0.25) is 0 Å². The van der Waals surface area contributed by atoms with Gasteiger partial charge in [-0.15, -0.1) is 0 Å². The van der Waals surface area contributed by atoms with Crippen molar-refractivity contribution in [3.05, 3.63) is 0 Å². The van der Waals surface area contributed by atoms with E-state index in [9.17, 15) is 0 Å². The summed E-state index contributed by atoms with van der Waals surface area (Å²) in [6.45, 7) is 3.42. The largest absolute Gasteiger partial charge is 0.357 e. The minimum absolute atomic E-state index is 0.595. The van der Waals surface area contributed by atoms with Crippen molar-refractivity contribution in [3.8, 4) is 0 Å². The van der Waals surface area contributed by atoms with E-state index >= 15 is 0 Å². The summed E-state index contributed by atoms with van der Waals surface area (Å²) in [5.74, 6) is 1.58. The molecule has 0 amide bonds. The van der Waals surface area contributed by atoms with Crippen molar-refractivity contribution in [2.75, 3.05) is 6.54 Å². The molecule has 1 saturated heterocycles. The molecule has 0 aromatic heterocycles. The molecule has 1 unspecified atom stereocenters. The number of rotatable bonds is 3. The van der Waals surface area contributed by atoms with E-state index in [1.165, 1.54) is 57.8 Å². The van der Waals surface area contributed by atoms with Crippen molar-refractivity contribution in [1.82, 2.24) is 4.90 Å². The van der Waals surface area contributed by atoms with E-state index in [2.05, 4.69) is 11.8 Å². The normalized spacial score (nSPS) is 27.3. The predicted molar refractivity (Wildman–Crippen MR) is 68.9 cm³/mol. The molecule has 92 valence electrons. The van der Waals surface area contributed by atoms with Crippen LogP contribution in [0.15, 0.2) is 0 Å². The van der Waals surface area contributed by atoms with Crippen LogP contribution in [0, 0.1) is 11.3 Å². The van der Waals surface area contributed by atoms with Crippen LogP contribution in [0.1, 0.15) is 64.7 Å². The Bertz CT molecular complexity index is 229. The topological polar surface area (TPSA) is 27.1 Å². The Morgan fingerprint density at radius 1 is 1.12 bits per heavy atom. The van der Waals surface area contributed by atoms with Crippen LogP contribution in [0.25, 0.3) is 0 Å². The average Bonchev–Trinajstić information content (AvgIpc) is 2.83. The maximum absolute atomic E-state index is 8.42. The van der Waals surface area contributed by atoms with Gasteiger partial charge in [0.05, 0.1) is 5.84 Å². The molecule has 0 radical (unpaired) electrons. The molecular formula is C14H26N2. The monoisotopic (exact) mass is 222 g/mol. The first-order chi connectivity index (χ1) is 7.83. The molecule has 1 atom stereocenters. The third-order valence-corrected chi connectivity index (χ3v) is 4.30. The van der Waals surface area contributed by atoms with Gasteiger partial charge in [-0.2, -0.15) is 0 Å². The van der Waals surface area contributed by atoms with Gasteiger partial charge in [-0.3, -0.25) is 5.41 Å².